The van der Waals surface area contributed by atoms with E-state index in [2.05, 4.69) is 26.1 Å². The number of aromatic nitrogens is 2. The zero-order valence-electron chi connectivity index (χ0n) is 17.0. The van der Waals surface area contributed by atoms with Gasteiger partial charge in [0, 0.05) is 36.2 Å². The smallest absolute Gasteiger partial charge is 0.259 e. The molecule has 8 heteroatoms. The maximum atomic E-state index is 12.5. The molecular weight excluding hydrogens is 380 g/mol. The molecule has 1 unspecified atom stereocenters. The molecule has 0 radical (unpaired) electrons. The maximum Gasteiger partial charge on any atom is 0.259 e. The number of nitrogens with one attached hydrogen (secondary N) is 4. The summed E-state index contributed by atoms with van der Waals surface area (Å²) in [5.74, 6) is 0.431. The summed E-state index contributed by atoms with van der Waals surface area (Å²) >= 11 is 0. The van der Waals surface area contributed by atoms with Gasteiger partial charge in [-0.1, -0.05) is 6.92 Å². The predicted molar refractivity (Wildman–Crippen MR) is 119 cm³/mol. The van der Waals surface area contributed by atoms with Crippen molar-refractivity contribution in [2.24, 2.45) is 5.10 Å². The van der Waals surface area contributed by atoms with Crippen molar-refractivity contribution in [1.29, 1.82) is 0 Å². The number of benzene rings is 1. The highest BCUT2D eigenvalue weighted by molar-refractivity contribution is 5.96. The van der Waals surface area contributed by atoms with Gasteiger partial charge in [-0.2, -0.15) is 5.10 Å². The Morgan fingerprint density at radius 2 is 2.03 bits per heavy atom. The highest BCUT2D eigenvalue weighted by Gasteiger charge is 2.23. The number of carbonyl (C=O) groups excluding carboxylic acids is 1. The highest BCUT2D eigenvalue weighted by atomic mass is 16.1. The van der Waals surface area contributed by atoms with Crippen LogP contribution in [-0.4, -0.2) is 34.7 Å². The van der Waals surface area contributed by atoms with Gasteiger partial charge in [0.1, 0.15) is 5.82 Å². The van der Waals surface area contributed by atoms with E-state index in [0.29, 0.717) is 29.9 Å². The number of rotatable bonds is 6. The van der Waals surface area contributed by atoms with E-state index in [9.17, 15) is 9.59 Å². The summed E-state index contributed by atoms with van der Waals surface area (Å²) in [5.41, 5.74) is 5.92. The largest absolute Gasteiger partial charge is 0.352 e. The lowest BCUT2D eigenvalue weighted by molar-refractivity contribution is 0.0953. The van der Waals surface area contributed by atoms with E-state index in [1.165, 1.54) is 0 Å². The molecule has 1 aliphatic heterocycles. The summed E-state index contributed by atoms with van der Waals surface area (Å²) in [4.78, 5) is 32.1. The monoisotopic (exact) mass is 404 g/mol. The summed E-state index contributed by atoms with van der Waals surface area (Å²) in [7, 11) is 0. The third-order valence-electron chi connectivity index (χ3n) is 5.13. The van der Waals surface area contributed by atoms with Crippen LogP contribution in [0.5, 0.6) is 0 Å². The van der Waals surface area contributed by atoms with Gasteiger partial charge in [0.15, 0.2) is 0 Å². The molecule has 30 heavy (non-hydrogen) atoms. The Morgan fingerprint density at radius 3 is 2.73 bits per heavy atom. The molecule has 0 bridgehead atoms. The number of H-pyrrole nitrogens is 1. The van der Waals surface area contributed by atoms with E-state index in [4.69, 9.17) is 4.98 Å². The van der Waals surface area contributed by atoms with Crippen molar-refractivity contribution in [3.8, 4) is 0 Å². The Labute approximate surface area is 173 Å². The van der Waals surface area contributed by atoms with Crippen LogP contribution in [0.3, 0.4) is 0 Å². The number of nitrogens with zero attached hydrogens (tertiary/aromatic N) is 2. The molecule has 4 rings (SSSR count). The van der Waals surface area contributed by atoms with Crippen LogP contribution < -0.4 is 21.6 Å². The van der Waals surface area contributed by atoms with Crippen LogP contribution in [0.2, 0.25) is 0 Å². The van der Waals surface area contributed by atoms with Gasteiger partial charge in [0.2, 0.25) is 0 Å². The number of aromatic amines is 1. The van der Waals surface area contributed by atoms with Crippen molar-refractivity contribution in [2.45, 2.75) is 26.2 Å². The molecule has 1 amide bonds. The first-order chi connectivity index (χ1) is 14.6. The van der Waals surface area contributed by atoms with E-state index >= 15 is 0 Å². The average molecular weight is 404 g/mol. The van der Waals surface area contributed by atoms with E-state index < -0.39 is 0 Å². The summed E-state index contributed by atoms with van der Waals surface area (Å²) in [6.45, 7) is 5.29. The number of pyridine rings is 2. The van der Waals surface area contributed by atoms with Gasteiger partial charge in [-0.3, -0.25) is 9.59 Å². The predicted octanol–water partition coefficient (Wildman–Crippen LogP) is 2.87. The molecule has 4 N–H and O–H groups in total. The number of hydrogen-bond donors (Lipinski definition) is 4. The van der Waals surface area contributed by atoms with Crippen LogP contribution in [0.25, 0.3) is 10.8 Å². The molecule has 1 aromatic carbocycles. The van der Waals surface area contributed by atoms with Crippen molar-refractivity contribution in [2.75, 3.05) is 18.4 Å². The Bertz CT molecular complexity index is 1170. The second-order valence-electron chi connectivity index (χ2n) is 7.29. The molecule has 0 spiro atoms. The Morgan fingerprint density at radius 1 is 1.23 bits per heavy atom. The zero-order valence-corrected chi connectivity index (χ0v) is 17.0. The van der Waals surface area contributed by atoms with Gasteiger partial charge in [-0.25, -0.2) is 4.98 Å². The Kier molecular flexibility index (Phi) is 5.47. The topological polar surface area (TPSA) is 111 Å². The van der Waals surface area contributed by atoms with Crippen molar-refractivity contribution in [3.05, 3.63) is 64.2 Å². The fourth-order valence-electron chi connectivity index (χ4n) is 3.49. The van der Waals surface area contributed by atoms with E-state index in [0.717, 1.165) is 28.9 Å². The molecule has 8 nitrogen and oxygen atoms in total. The summed E-state index contributed by atoms with van der Waals surface area (Å²) < 4.78 is 0. The van der Waals surface area contributed by atoms with Crippen LogP contribution in [0, 0.1) is 0 Å². The van der Waals surface area contributed by atoms with Crippen LogP contribution >= 0.6 is 0 Å². The zero-order chi connectivity index (χ0) is 21.1. The van der Waals surface area contributed by atoms with Crippen molar-refractivity contribution >= 4 is 33.9 Å². The van der Waals surface area contributed by atoms with Crippen LogP contribution in [0.15, 0.2) is 52.5 Å². The SMILES string of the molecule is CCCNC(=O)c1ccc(Nc2nc(C3CNN=C3C)cc3cc[nH]c(=O)c23)cc1. The van der Waals surface area contributed by atoms with Crippen LogP contribution in [0.1, 0.15) is 42.2 Å². The van der Waals surface area contributed by atoms with Gasteiger partial charge in [-0.15, -0.1) is 0 Å². The van der Waals surface area contributed by atoms with E-state index in [1.807, 2.05) is 38.1 Å². The quantitative estimate of drug-likeness (QED) is 0.505. The maximum absolute atomic E-state index is 12.5. The molecule has 0 fully saturated rings. The van der Waals surface area contributed by atoms with Crippen LogP contribution in [-0.2, 0) is 0 Å². The number of amides is 1. The minimum Gasteiger partial charge on any atom is -0.352 e. The average Bonchev–Trinajstić information content (AvgIpc) is 3.18. The fourth-order valence-corrected chi connectivity index (χ4v) is 3.49. The third kappa shape index (κ3) is 3.89. The van der Waals surface area contributed by atoms with Gasteiger partial charge in [0.05, 0.1) is 17.0 Å². The molecule has 2 aromatic heterocycles. The second kappa shape index (κ2) is 8.36. The number of hydrazone groups is 1. The van der Waals surface area contributed by atoms with Gasteiger partial charge < -0.3 is 21.0 Å². The Balaban J connectivity index is 1.68. The molecule has 0 aliphatic carbocycles. The van der Waals surface area contributed by atoms with Gasteiger partial charge >= 0.3 is 0 Å². The minimum absolute atomic E-state index is 0.0545. The summed E-state index contributed by atoms with van der Waals surface area (Å²) in [5, 5.41) is 11.7. The lowest BCUT2D eigenvalue weighted by Gasteiger charge is -2.14. The molecule has 3 heterocycles. The first-order valence-electron chi connectivity index (χ1n) is 10.0. The molecule has 3 aromatic rings. The number of hydrogen-bond acceptors (Lipinski definition) is 6. The fraction of sp³-hybridized carbons (Fsp3) is 0.273. The number of fused-ring (bicyclic) bond motifs is 1. The molecule has 154 valence electrons. The summed E-state index contributed by atoms with van der Waals surface area (Å²) in [6.07, 6.45) is 2.52. The first-order valence-corrected chi connectivity index (χ1v) is 10.0. The third-order valence-corrected chi connectivity index (χ3v) is 5.13. The number of carbonyl (C=O) groups is 1. The Hall–Kier alpha value is -3.68. The first kappa shape index (κ1) is 19.6. The molecule has 1 atom stereocenters. The van der Waals surface area contributed by atoms with E-state index in [1.54, 1.807) is 18.3 Å². The van der Waals surface area contributed by atoms with Crippen LogP contribution in [0.4, 0.5) is 11.5 Å². The normalized spacial score (nSPS) is 15.5. The molecule has 0 saturated heterocycles. The second-order valence-corrected chi connectivity index (χ2v) is 7.29. The lowest BCUT2D eigenvalue weighted by Crippen LogP contribution is -2.23. The molecule has 0 saturated carbocycles. The summed E-state index contributed by atoms with van der Waals surface area (Å²) in [6, 6.07) is 10.9. The van der Waals surface area contributed by atoms with Gasteiger partial charge in [-0.05, 0) is 55.1 Å². The molecule has 1 aliphatic rings. The van der Waals surface area contributed by atoms with E-state index in [-0.39, 0.29) is 17.4 Å². The highest BCUT2D eigenvalue weighted by Crippen LogP contribution is 2.27. The van der Waals surface area contributed by atoms with Crippen molar-refractivity contribution in [1.82, 2.24) is 20.7 Å². The minimum atomic E-state index is -0.209. The van der Waals surface area contributed by atoms with Crippen molar-refractivity contribution < 1.29 is 4.79 Å². The van der Waals surface area contributed by atoms with Crippen molar-refractivity contribution in [3.63, 3.8) is 0 Å². The molecular formula is C22H24N6O2. The standard InChI is InChI=1S/C22H24N6O2/c1-3-9-23-21(29)14-4-6-16(7-5-14)26-20-19-15(8-10-24-22(19)30)11-18(27-20)17-12-25-28-13(17)2/h4-8,10-11,17,25H,3,9,12H2,1-2H3,(H,23,29)(H,24,30)(H,26,27). The van der Waals surface area contributed by atoms with Gasteiger partial charge in [0.25, 0.3) is 11.5 Å². The number of anilines is 2. The lowest BCUT2D eigenvalue weighted by atomic mass is 9.99.